The maximum absolute atomic E-state index is 12.4. The van der Waals surface area contributed by atoms with Crippen LogP contribution >= 0.6 is 0 Å². The van der Waals surface area contributed by atoms with Crippen LogP contribution in [0.15, 0.2) is 50.5 Å². The van der Waals surface area contributed by atoms with Gasteiger partial charge in [0.15, 0.2) is 9.84 Å². The Kier molecular flexibility index (Phi) is 5.45. The molecular weight excluding hydrogens is 414 g/mol. The number of ether oxygens (including phenoxy) is 1. The second kappa shape index (κ2) is 7.71. The largest absolute Gasteiger partial charge is 0.457 e. The third-order valence-corrected chi connectivity index (χ3v) is 5.74. The number of hydrogen-bond acceptors (Lipinski definition) is 8. The van der Waals surface area contributed by atoms with Crippen LogP contribution in [0.25, 0.3) is 11.0 Å². The van der Waals surface area contributed by atoms with Crippen LogP contribution in [0.1, 0.15) is 27.0 Å². The lowest BCUT2D eigenvalue weighted by Crippen LogP contribution is -2.10. The Morgan fingerprint density at radius 1 is 1.13 bits per heavy atom. The molecule has 0 unspecified atom stereocenters. The van der Waals surface area contributed by atoms with Crippen molar-refractivity contribution in [1.82, 2.24) is 0 Å². The van der Waals surface area contributed by atoms with Crippen molar-refractivity contribution < 1.29 is 27.3 Å². The molecule has 3 aromatic rings. The van der Waals surface area contributed by atoms with Gasteiger partial charge in [-0.3, -0.25) is 10.1 Å². The number of nitrogens with zero attached hydrogens (tertiary/aromatic N) is 1. The van der Waals surface area contributed by atoms with E-state index in [1.54, 1.807) is 6.07 Å². The summed E-state index contributed by atoms with van der Waals surface area (Å²) in [7, 11) is -3.85. The number of carbonyl (C=O) groups is 1. The molecule has 0 aliphatic heterocycles. The van der Waals surface area contributed by atoms with Crippen molar-refractivity contribution in [3.63, 3.8) is 0 Å². The molecule has 0 N–H and O–H groups in total. The quantitative estimate of drug-likeness (QED) is 0.260. The summed E-state index contributed by atoms with van der Waals surface area (Å²) in [6.45, 7) is 3.48. The number of esters is 1. The molecule has 0 bridgehead atoms. The van der Waals surface area contributed by atoms with Gasteiger partial charge in [0.25, 0.3) is 5.69 Å². The Bertz CT molecular complexity index is 1360. The zero-order chi connectivity index (χ0) is 22.2. The molecular formula is C20H17NO8S. The van der Waals surface area contributed by atoms with E-state index in [2.05, 4.69) is 0 Å². The zero-order valence-electron chi connectivity index (χ0n) is 16.3. The maximum Gasteiger partial charge on any atom is 0.338 e. The van der Waals surface area contributed by atoms with Crippen LogP contribution in [0.3, 0.4) is 0 Å². The molecule has 0 radical (unpaired) electrons. The Morgan fingerprint density at radius 2 is 1.80 bits per heavy atom. The molecule has 10 heteroatoms. The van der Waals surface area contributed by atoms with Crippen molar-refractivity contribution in [1.29, 1.82) is 0 Å². The molecule has 0 spiro atoms. The topological polar surface area (TPSA) is 134 Å². The molecule has 1 heterocycles. The molecule has 30 heavy (non-hydrogen) atoms. The summed E-state index contributed by atoms with van der Waals surface area (Å²) >= 11 is 0. The van der Waals surface area contributed by atoms with Gasteiger partial charge in [0.1, 0.15) is 17.1 Å². The first-order valence-electron chi connectivity index (χ1n) is 8.67. The molecule has 0 atom stereocenters. The lowest BCUT2D eigenvalue weighted by atomic mass is 10.0. The first kappa shape index (κ1) is 21.2. The number of sulfone groups is 1. The molecule has 2 aromatic carbocycles. The highest BCUT2D eigenvalue weighted by Gasteiger charge is 2.24. The molecule has 9 nitrogen and oxygen atoms in total. The first-order valence-corrected chi connectivity index (χ1v) is 10.6. The summed E-state index contributed by atoms with van der Waals surface area (Å²) < 4.78 is 33.8. The van der Waals surface area contributed by atoms with E-state index in [4.69, 9.17) is 9.15 Å². The van der Waals surface area contributed by atoms with Crippen LogP contribution < -0.4 is 5.63 Å². The number of aryl methyl sites for hydroxylation is 2. The van der Waals surface area contributed by atoms with Crippen LogP contribution in [0.2, 0.25) is 0 Å². The van der Waals surface area contributed by atoms with E-state index in [0.29, 0.717) is 16.5 Å². The van der Waals surface area contributed by atoms with Crippen LogP contribution in [-0.2, 0) is 21.2 Å². The number of nitro groups is 1. The average molecular weight is 431 g/mol. The van der Waals surface area contributed by atoms with Gasteiger partial charge in [-0.05, 0) is 49.2 Å². The van der Waals surface area contributed by atoms with Crippen molar-refractivity contribution >= 4 is 32.5 Å². The van der Waals surface area contributed by atoms with Crippen molar-refractivity contribution in [2.75, 3.05) is 6.26 Å². The van der Waals surface area contributed by atoms with Gasteiger partial charge < -0.3 is 9.15 Å². The summed E-state index contributed by atoms with van der Waals surface area (Å²) in [6.07, 6.45) is 0.836. The smallest absolute Gasteiger partial charge is 0.338 e. The lowest BCUT2D eigenvalue weighted by molar-refractivity contribution is -0.387. The van der Waals surface area contributed by atoms with Crippen LogP contribution in [0.4, 0.5) is 5.69 Å². The average Bonchev–Trinajstić information content (AvgIpc) is 2.66. The van der Waals surface area contributed by atoms with Crippen molar-refractivity contribution in [2.45, 2.75) is 25.3 Å². The Morgan fingerprint density at radius 3 is 2.43 bits per heavy atom. The van der Waals surface area contributed by atoms with E-state index in [1.807, 2.05) is 19.9 Å². The number of rotatable bonds is 5. The summed E-state index contributed by atoms with van der Waals surface area (Å²) in [4.78, 5) is 34.1. The first-order chi connectivity index (χ1) is 14.0. The fourth-order valence-electron chi connectivity index (χ4n) is 2.93. The van der Waals surface area contributed by atoms with E-state index < -0.39 is 36.9 Å². The third-order valence-electron chi connectivity index (χ3n) is 4.59. The van der Waals surface area contributed by atoms with E-state index in [-0.39, 0.29) is 12.2 Å². The monoisotopic (exact) mass is 431 g/mol. The Balaban J connectivity index is 1.93. The SMILES string of the molecule is Cc1cc2oc(=O)cc(COC(=O)c3ccc(S(C)(=O)=O)c([N+](=O)[O-])c3)c2cc1C. The predicted molar refractivity (Wildman–Crippen MR) is 107 cm³/mol. The highest BCUT2D eigenvalue weighted by molar-refractivity contribution is 7.90. The van der Waals surface area contributed by atoms with Gasteiger partial charge in [-0.25, -0.2) is 18.0 Å². The minimum atomic E-state index is -3.85. The predicted octanol–water partition coefficient (Wildman–Crippen LogP) is 3.08. The molecule has 0 aliphatic carbocycles. The van der Waals surface area contributed by atoms with E-state index in [9.17, 15) is 28.1 Å². The number of hydrogen-bond donors (Lipinski definition) is 0. The van der Waals surface area contributed by atoms with Gasteiger partial charge in [0.05, 0.1) is 10.5 Å². The molecule has 3 rings (SSSR count). The highest BCUT2D eigenvalue weighted by Crippen LogP contribution is 2.26. The van der Waals surface area contributed by atoms with Gasteiger partial charge in [-0.15, -0.1) is 0 Å². The van der Waals surface area contributed by atoms with Crippen LogP contribution in [-0.4, -0.2) is 25.6 Å². The minimum absolute atomic E-state index is 0.187. The van der Waals surface area contributed by atoms with E-state index in [1.165, 1.54) is 6.07 Å². The van der Waals surface area contributed by atoms with Gasteiger partial charge in [-0.2, -0.15) is 0 Å². The second-order valence-corrected chi connectivity index (χ2v) is 8.80. The lowest BCUT2D eigenvalue weighted by Gasteiger charge is -2.09. The zero-order valence-corrected chi connectivity index (χ0v) is 17.1. The minimum Gasteiger partial charge on any atom is -0.457 e. The normalized spacial score (nSPS) is 11.4. The van der Waals surface area contributed by atoms with Crippen molar-refractivity contribution in [3.05, 3.63) is 79.2 Å². The van der Waals surface area contributed by atoms with Crippen molar-refractivity contribution in [2.24, 2.45) is 0 Å². The van der Waals surface area contributed by atoms with E-state index >= 15 is 0 Å². The Hall–Kier alpha value is -3.53. The Labute approximate surface area is 171 Å². The van der Waals surface area contributed by atoms with Gasteiger partial charge in [0, 0.05) is 29.3 Å². The summed E-state index contributed by atoms with van der Waals surface area (Å²) in [5, 5.41) is 11.8. The number of nitro benzene ring substituents is 1. The van der Waals surface area contributed by atoms with Gasteiger partial charge in [0.2, 0.25) is 0 Å². The van der Waals surface area contributed by atoms with Crippen LogP contribution in [0, 0.1) is 24.0 Å². The molecule has 1 aromatic heterocycles. The standard InChI is InChI=1S/C20H17NO8S/c1-11-6-15-14(9-19(22)29-17(15)7-12(11)2)10-28-20(23)13-4-5-18(30(3,26)27)16(8-13)21(24)25/h4-9H,10H2,1-3H3. The van der Waals surface area contributed by atoms with Gasteiger partial charge >= 0.3 is 11.6 Å². The van der Waals surface area contributed by atoms with Crippen LogP contribution in [0.5, 0.6) is 0 Å². The third kappa shape index (κ3) is 4.23. The summed E-state index contributed by atoms with van der Waals surface area (Å²) in [5.74, 6) is -0.900. The molecule has 0 aliphatic rings. The molecule has 0 fully saturated rings. The van der Waals surface area contributed by atoms with Crippen molar-refractivity contribution in [3.8, 4) is 0 Å². The highest BCUT2D eigenvalue weighted by atomic mass is 32.2. The number of carbonyl (C=O) groups excluding carboxylic acids is 1. The number of benzene rings is 2. The summed E-state index contributed by atoms with van der Waals surface area (Å²) in [6, 6.07) is 7.70. The maximum atomic E-state index is 12.4. The molecule has 156 valence electrons. The molecule has 0 amide bonds. The second-order valence-electron chi connectivity index (χ2n) is 6.81. The van der Waals surface area contributed by atoms with Gasteiger partial charge in [-0.1, -0.05) is 0 Å². The summed E-state index contributed by atoms with van der Waals surface area (Å²) in [5.41, 5.74) is 1.14. The fourth-order valence-corrected chi connectivity index (χ4v) is 3.76. The van der Waals surface area contributed by atoms with E-state index in [0.717, 1.165) is 35.6 Å². The fraction of sp³-hybridized carbons (Fsp3) is 0.200. The molecule has 0 saturated heterocycles. The number of fused-ring (bicyclic) bond motifs is 1. The molecule has 0 saturated carbocycles.